The predicted molar refractivity (Wildman–Crippen MR) is 59.8 cm³/mol. The van der Waals surface area contributed by atoms with E-state index in [4.69, 9.17) is 21.6 Å². The van der Waals surface area contributed by atoms with Gasteiger partial charge >= 0.3 is 6.18 Å². The van der Waals surface area contributed by atoms with Crippen LogP contribution in [-0.2, 0) is 0 Å². The predicted octanol–water partition coefficient (Wildman–Crippen LogP) is 4.32. The van der Waals surface area contributed by atoms with Crippen LogP contribution in [-0.4, -0.2) is 12.8 Å². The van der Waals surface area contributed by atoms with Gasteiger partial charge in [0.2, 0.25) is 0 Å². The van der Waals surface area contributed by atoms with E-state index in [1.54, 1.807) is 0 Å². The highest BCUT2D eigenvalue weighted by atomic mass is 79.9. The summed E-state index contributed by atoms with van der Waals surface area (Å²) >= 11 is 8.42. The minimum absolute atomic E-state index is 0.151. The molecule has 1 atom stereocenters. The summed E-state index contributed by atoms with van der Waals surface area (Å²) in [6, 6.07) is 3.07. The van der Waals surface area contributed by atoms with Crippen molar-refractivity contribution in [2.45, 2.75) is 6.18 Å². The summed E-state index contributed by atoms with van der Waals surface area (Å²) in [5.74, 6) is -3.25. The topological polar surface area (TPSA) is 33.0 Å². The first-order chi connectivity index (χ1) is 8.25. The molecule has 0 saturated carbocycles. The van der Waals surface area contributed by atoms with E-state index < -0.39 is 24.5 Å². The summed E-state index contributed by atoms with van der Waals surface area (Å²) < 4.78 is 54.8. The lowest BCUT2D eigenvalue weighted by atomic mass is 10.2. The van der Waals surface area contributed by atoms with Crippen LogP contribution in [0.3, 0.4) is 0 Å². The molecule has 1 rings (SSSR count). The Labute approximate surface area is 113 Å². The van der Waals surface area contributed by atoms with Gasteiger partial charge in [-0.25, -0.2) is 4.39 Å². The molecule has 18 heavy (non-hydrogen) atoms. The summed E-state index contributed by atoms with van der Waals surface area (Å²) in [4.78, 5) is 0. The fraction of sp³-hybridized carbons (Fsp3) is 0.300. The first-order valence-corrected chi connectivity index (χ1v) is 5.66. The number of nitriles is 1. The molecular formula is C10H5BrClF4NO. The lowest BCUT2D eigenvalue weighted by molar-refractivity contribution is -0.165. The van der Waals surface area contributed by atoms with Crippen LogP contribution < -0.4 is 4.74 Å². The van der Waals surface area contributed by atoms with Gasteiger partial charge < -0.3 is 4.74 Å². The zero-order chi connectivity index (χ0) is 13.9. The van der Waals surface area contributed by atoms with Crippen LogP contribution in [0.25, 0.3) is 0 Å². The molecule has 0 heterocycles. The van der Waals surface area contributed by atoms with Crippen LogP contribution in [0, 0.1) is 23.1 Å². The molecule has 1 aromatic carbocycles. The molecule has 8 heteroatoms. The molecule has 1 unspecified atom stereocenters. The van der Waals surface area contributed by atoms with Crippen LogP contribution in [0.5, 0.6) is 5.75 Å². The lowest BCUT2D eigenvalue weighted by Crippen LogP contribution is -2.27. The number of ether oxygens (including phenoxy) is 1. The average molecular weight is 347 g/mol. The Morgan fingerprint density at radius 1 is 1.44 bits per heavy atom. The number of hydrogen-bond donors (Lipinski definition) is 0. The second-order valence-corrected chi connectivity index (χ2v) is 4.49. The minimum atomic E-state index is -4.69. The van der Waals surface area contributed by atoms with Crippen molar-refractivity contribution < 1.29 is 22.3 Å². The first-order valence-electron chi connectivity index (χ1n) is 4.49. The van der Waals surface area contributed by atoms with E-state index in [2.05, 4.69) is 15.9 Å². The Balaban J connectivity index is 2.81. The van der Waals surface area contributed by atoms with Gasteiger partial charge in [-0.15, -0.1) is 0 Å². The molecule has 0 N–H and O–H groups in total. The van der Waals surface area contributed by atoms with Crippen molar-refractivity contribution in [2.24, 2.45) is 5.92 Å². The van der Waals surface area contributed by atoms with Gasteiger partial charge in [0.1, 0.15) is 18.2 Å². The molecule has 98 valence electrons. The van der Waals surface area contributed by atoms with E-state index in [0.29, 0.717) is 0 Å². The van der Waals surface area contributed by atoms with Gasteiger partial charge in [-0.05, 0) is 22.0 Å². The maximum absolute atomic E-state index is 13.1. The van der Waals surface area contributed by atoms with Crippen LogP contribution in [0.2, 0.25) is 5.02 Å². The number of benzene rings is 1. The van der Waals surface area contributed by atoms with Crippen molar-refractivity contribution >= 4 is 27.5 Å². The number of alkyl halides is 3. The second-order valence-electron chi connectivity index (χ2n) is 3.23. The summed E-state index contributed by atoms with van der Waals surface area (Å²) in [6.07, 6.45) is -4.69. The van der Waals surface area contributed by atoms with Crippen molar-refractivity contribution in [1.82, 2.24) is 0 Å². The molecule has 0 aromatic heterocycles. The molecule has 0 spiro atoms. The van der Waals surface area contributed by atoms with Gasteiger partial charge in [0.05, 0.1) is 15.6 Å². The highest BCUT2D eigenvalue weighted by Crippen LogP contribution is 2.32. The molecule has 0 amide bonds. The van der Waals surface area contributed by atoms with E-state index in [1.165, 1.54) is 0 Å². The highest BCUT2D eigenvalue weighted by molar-refractivity contribution is 9.10. The number of halogens is 6. The summed E-state index contributed by atoms with van der Waals surface area (Å²) in [5.41, 5.74) is 0. The maximum atomic E-state index is 13.1. The summed E-state index contributed by atoms with van der Waals surface area (Å²) in [7, 11) is 0. The Morgan fingerprint density at radius 2 is 2.06 bits per heavy atom. The van der Waals surface area contributed by atoms with E-state index in [-0.39, 0.29) is 15.2 Å². The van der Waals surface area contributed by atoms with Gasteiger partial charge in [-0.1, -0.05) is 11.6 Å². The van der Waals surface area contributed by atoms with E-state index in [1.807, 2.05) is 0 Å². The van der Waals surface area contributed by atoms with Crippen LogP contribution >= 0.6 is 27.5 Å². The van der Waals surface area contributed by atoms with E-state index in [0.717, 1.165) is 18.2 Å². The smallest absolute Gasteiger partial charge is 0.407 e. The van der Waals surface area contributed by atoms with Gasteiger partial charge in [-0.2, -0.15) is 18.4 Å². The highest BCUT2D eigenvalue weighted by Gasteiger charge is 2.40. The summed E-state index contributed by atoms with van der Waals surface area (Å²) in [6.45, 7) is -0.917. The van der Waals surface area contributed by atoms with E-state index >= 15 is 0 Å². The van der Waals surface area contributed by atoms with Gasteiger partial charge in [0, 0.05) is 6.07 Å². The Hall–Kier alpha value is -1.00. The van der Waals surface area contributed by atoms with Crippen LogP contribution in [0.15, 0.2) is 16.6 Å². The molecule has 0 bridgehead atoms. The van der Waals surface area contributed by atoms with Crippen LogP contribution in [0.4, 0.5) is 17.6 Å². The van der Waals surface area contributed by atoms with Gasteiger partial charge in [0.25, 0.3) is 0 Å². The zero-order valence-corrected chi connectivity index (χ0v) is 10.9. The normalized spacial score (nSPS) is 12.9. The third kappa shape index (κ3) is 3.75. The van der Waals surface area contributed by atoms with Crippen molar-refractivity contribution in [2.75, 3.05) is 6.61 Å². The molecule has 0 aliphatic heterocycles. The Kier molecular flexibility index (Phi) is 4.82. The molecular weight excluding hydrogens is 341 g/mol. The maximum Gasteiger partial charge on any atom is 0.407 e. The molecule has 0 saturated heterocycles. The van der Waals surface area contributed by atoms with Crippen molar-refractivity contribution in [3.8, 4) is 11.8 Å². The molecule has 0 aliphatic carbocycles. The van der Waals surface area contributed by atoms with Crippen molar-refractivity contribution in [1.29, 1.82) is 5.26 Å². The van der Waals surface area contributed by atoms with E-state index in [9.17, 15) is 17.6 Å². The Morgan fingerprint density at radius 3 is 2.56 bits per heavy atom. The molecule has 0 aliphatic rings. The van der Waals surface area contributed by atoms with Crippen molar-refractivity contribution in [3.05, 3.63) is 27.4 Å². The monoisotopic (exact) mass is 345 g/mol. The zero-order valence-electron chi connectivity index (χ0n) is 8.56. The molecule has 1 aromatic rings. The van der Waals surface area contributed by atoms with Gasteiger partial charge in [-0.3, -0.25) is 0 Å². The Bertz CT molecular complexity index is 486. The first kappa shape index (κ1) is 15.1. The summed E-state index contributed by atoms with van der Waals surface area (Å²) in [5, 5.41) is 8.16. The molecule has 2 nitrogen and oxygen atoms in total. The number of nitrogens with zero attached hydrogens (tertiary/aromatic N) is 1. The molecule has 0 radical (unpaired) electrons. The lowest BCUT2D eigenvalue weighted by Gasteiger charge is -2.15. The molecule has 0 fully saturated rings. The second kappa shape index (κ2) is 5.76. The fourth-order valence-corrected chi connectivity index (χ4v) is 1.75. The third-order valence-electron chi connectivity index (χ3n) is 1.93. The quantitative estimate of drug-likeness (QED) is 0.603. The van der Waals surface area contributed by atoms with Crippen molar-refractivity contribution in [3.63, 3.8) is 0 Å². The fourth-order valence-electron chi connectivity index (χ4n) is 0.993. The average Bonchev–Trinajstić information content (AvgIpc) is 2.24. The number of hydrogen-bond acceptors (Lipinski definition) is 2. The van der Waals surface area contributed by atoms with Crippen LogP contribution in [0.1, 0.15) is 0 Å². The largest absolute Gasteiger partial charge is 0.491 e. The number of rotatable bonds is 3. The standard InChI is InChI=1S/C10H5BrClF4NO/c11-6-1-7(12)8(13)2-9(6)18-4-5(3-17)10(14,15)16/h1-2,5H,4H2. The minimum Gasteiger partial charge on any atom is -0.491 e. The third-order valence-corrected chi connectivity index (χ3v) is 2.84. The SMILES string of the molecule is N#CC(COc1cc(F)c(Cl)cc1Br)C(F)(F)F. The van der Waals surface area contributed by atoms with Gasteiger partial charge in [0.15, 0.2) is 5.92 Å².